The first kappa shape index (κ1) is 13.0. The number of nitrogens with one attached hydrogen (secondary N) is 2. The number of rotatable bonds is 7. The molecule has 0 saturated heterocycles. The van der Waals surface area contributed by atoms with Gasteiger partial charge in [0.15, 0.2) is 0 Å². The van der Waals surface area contributed by atoms with E-state index in [2.05, 4.69) is 46.7 Å². The van der Waals surface area contributed by atoms with Crippen molar-refractivity contribution in [1.82, 2.24) is 10.2 Å². The third-order valence-electron chi connectivity index (χ3n) is 2.67. The zero-order chi connectivity index (χ0) is 12.6. The van der Waals surface area contributed by atoms with Crippen LogP contribution in [0.3, 0.4) is 0 Å². The monoisotopic (exact) mass is 261 g/mol. The summed E-state index contributed by atoms with van der Waals surface area (Å²) in [6.07, 6.45) is 2.98. The predicted octanol–water partition coefficient (Wildman–Crippen LogP) is 3.63. The normalized spacial score (nSPS) is 10.5. The second kappa shape index (κ2) is 7.11. The quantitative estimate of drug-likeness (QED) is 0.748. The minimum Gasteiger partial charge on any atom is -0.385 e. The van der Waals surface area contributed by atoms with Gasteiger partial charge in [0.1, 0.15) is 0 Å². The molecule has 0 amide bonds. The number of hydrogen-bond donors (Lipinski definition) is 2. The van der Waals surface area contributed by atoms with E-state index in [9.17, 15) is 0 Å². The first-order valence-corrected chi connectivity index (χ1v) is 7.47. The van der Waals surface area contributed by atoms with Gasteiger partial charge >= 0.3 is 0 Å². The molecule has 2 rings (SSSR count). The molecule has 2 N–H and O–H groups in total. The van der Waals surface area contributed by atoms with Crippen LogP contribution in [-0.2, 0) is 0 Å². The van der Waals surface area contributed by atoms with E-state index in [-0.39, 0.29) is 0 Å². The second-order valence-electron chi connectivity index (χ2n) is 4.03. The summed E-state index contributed by atoms with van der Waals surface area (Å²) in [5.74, 6) is 2.43. The lowest BCUT2D eigenvalue weighted by Gasteiger charge is -2.07. The predicted molar refractivity (Wildman–Crippen MR) is 80.1 cm³/mol. The van der Waals surface area contributed by atoms with Crippen LogP contribution in [0.5, 0.6) is 0 Å². The van der Waals surface area contributed by atoms with Crippen molar-refractivity contribution in [3.8, 4) is 11.3 Å². The molecule has 4 heteroatoms. The molecule has 0 aliphatic carbocycles. The molecular formula is C14H19N3S. The number of hydrogen-bond acceptors (Lipinski definition) is 3. The van der Waals surface area contributed by atoms with Gasteiger partial charge < -0.3 is 5.32 Å². The van der Waals surface area contributed by atoms with Gasteiger partial charge in [-0.2, -0.15) is 16.9 Å². The van der Waals surface area contributed by atoms with Crippen molar-refractivity contribution in [2.24, 2.45) is 0 Å². The van der Waals surface area contributed by atoms with Crippen LogP contribution in [0.25, 0.3) is 11.3 Å². The van der Waals surface area contributed by atoms with Crippen LogP contribution in [0, 0.1) is 0 Å². The molecule has 0 saturated carbocycles. The molecule has 0 spiro atoms. The Morgan fingerprint density at radius 3 is 3.06 bits per heavy atom. The van der Waals surface area contributed by atoms with Crippen LogP contribution in [-0.4, -0.2) is 28.2 Å². The fraction of sp³-hybridized carbons (Fsp3) is 0.357. The molecule has 0 fully saturated rings. The molecule has 0 radical (unpaired) electrons. The van der Waals surface area contributed by atoms with Crippen LogP contribution in [0.1, 0.15) is 13.3 Å². The summed E-state index contributed by atoms with van der Waals surface area (Å²) >= 11 is 1.99. The van der Waals surface area contributed by atoms with Gasteiger partial charge in [0.25, 0.3) is 0 Å². The highest BCUT2D eigenvalue weighted by Crippen LogP contribution is 2.20. The number of aromatic amines is 1. The fourth-order valence-electron chi connectivity index (χ4n) is 1.76. The number of benzene rings is 1. The summed E-state index contributed by atoms with van der Waals surface area (Å²) in [4.78, 5) is 0. The molecular weight excluding hydrogens is 242 g/mol. The van der Waals surface area contributed by atoms with Crippen molar-refractivity contribution in [2.75, 3.05) is 23.4 Å². The van der Waals surface area contributed by atoms with Crippen LogP contribution >= 0.6 is 11.8 Å². The SMILES string of the molecule is CCSCCCNc1cccc(-c2ccn[nH]2)c1. The average molecular weight is 261 g/mol. The zero-order valence-corrected chi connectivity index (χ0v) is 11.5. The first-order valence-electron chi connectivity index (χ1n) is 6.31. The maximum absolute atomic E-state index is 3.98. The Balaban J connectivity index is 1.88. The summed E-state index contributed by atoms with van der Waals surface area (Å²) in [5.41, 5.74) is 3.39. The van der Waals surface area contributed by atoms with Crippen molar-refractivity contribution in [3.63, 3.8) is 0 Å². The smallest absolute Gasteiger partial charge is 0.0650 e. The van der Waals surface area contributed by atoms with Gasteiger partial charge in [-0.05, 0) is 36.1 Å². The lowest BCUT2D eigenvalue weighted by atomic mass is 10.1. The van der Waals surface area contributed by atoms with Crippen molar-refractivity contribution in [1.29, 1.82) is 0 Å². The third-order valence-corrected chi connectivity index (χ3v) is 3.66. The van der Waals surface area contributed by atoms with Gasteiger partial charge in [0.2, 0.25) is 0 Å². The highest BCUT2D eigenvalue weighted by Gasteiger charge is 1.99. The second-order valence-corrected chi connectivity index (χ2v) is 5.42. The Morgan fingerprint density at radius 1 is 1.33 bits per heavy atom. The van der Waals surface area contributed by atoms with Crippen molar-refractivity contribution < 1.29 is 0 Å². The minimum atomic E-state index is 1.03. The summed E-state index contributed by atoms with van der Waals surface area (Å²) in [7, 11) is 0. The molecule has 1 aromatic carbocycles. The molecule has 0 aliphatic heterocycles. The van der Waals surface area contributed by atoms with Gasteiger partial charge in [-0.3, -0.25) is 5.10 Å². The minimum absolute atomic E-state index is 1.03. The first-order chi connectivity index (χ1) is 8.90. The summed E-state index contributed by atoms with van der Waals surface area (Å²) < 4.78 is 0. The van der Waals surface area contributed by atoms with Crippen LogP contribution < -0.4 is 5.32 Å². The van der Waals surface area contributed by atoms with Crippen molar-refractivity contribution in [2.45, 2.75) is 13.3 Å². The standard InChI is InChI=1S/C14H19N3S/c1-2-18-10-4-8-15-13-6-3-5-12(11-13)14-7-9-16-17-14/h3,5-7,9,11,15H,2,4,8,10H2,1H3,(H,16,17). The zero-order valence-electron chi connectivity index (χ0n) is 10.6. The lowest BCUT2D eigenvalue weighted by molar-refractivity contribution is 0.992. The van der Waals surface area contributed by atoms with E-state index in [1.165, 1.54) is 29.2 Å². The van der Waals surface area contributed by atoms with E-state index in [0.29, 0.717) is 0 Å². The van der Waals surface area contributed by atoms with Gasteiger partial charge in [0.05, 0.1) is 5.69 Å². The Hall–Kier alpha value is -1.42. The van der Waals surface area contributed by atoms with E-state index in [1.54, 1.807) is 6.20 Å². The Kier molecular flexibility index (Phi) is 5.15. The van der Waals surface area contributed by atoms with E-state index < -0.39 is 0 Å². The fourth-order valence-corrected chi connectivity index (χ4v) is 2.40. The summed E-state index contributed by atoms with van der Waals surface area (Å²) in [5, 5.41) is 10.4. The molecule has 1 aromatic heterocycles. The Bertz CT molecular complexity index is 454. The van der Waals surface area contributed by atoms with E-state index in [1.807, 2.05) is 17.8 Å². The molecule has 3 nitrogen and oxygen atoms in total. The number of nitrogens with zero attached hydrogens (tertiary/aromatic N) is 1. The highest BCUT2D eigenvalue weighted by molar-refractivity contribution is 7.99. The molecule has 18 heavy (non-hydrogen) atoms. The van der Waals surface area contributed by atoms with Crippen LogP contribution in [0.15, 0.2) is 36.5 Å². The van der Waals surface area contributed by atoms with Crippen molar-refractivity contribution in [3.05, 3.63) is 36.5 Å². The molecule has 96 valence electrons. The summed E-state index contributed by atoms with van der Waals surface area (Å²) in [6, 6.07) is 10.4. The maximum atomic E-state index is 3.98. The third kappa shape index (κ3) is 3.81. The Labute approximate surface area is 112 Å². The molecule has 0 unspecified atom stereocenters. The summed E-state index contributed by atoms with van der Waals surface area (Å²) in [6.45, 7) is 3.23. The topological polar surface area (TPSA) is 40.7 Å². The highest BCUT2D eigenvalue weighted by atomic mass is 32.2. The van der Waals surface area contributed by atoms with E-state index >= 15 is 0 Å². The molecule has 2 aromatic rings. The van der Waals surface area contributed by atoms with Crippen molar-refractivity contribution >= 4 is 17.4 Å². The number of thioether (sulfide) groups is 1. The maximum Gasteiger partial charge on any atom is 0.0650 e. The lowest BCUT2D eigenvalue weighted by Crippen LogP contribution is -2.02. The van der Waals surface area contributed by atoms with Crippen LogP contribution in [0.4, 0.5) is 5.69 Å². The van der Waals surface area contributed by atoms with Gasteiger partial charge in [-0.1, -0.05) is 19.1 Å². The van der Waals surface area contributed by atoms with Gasteiger partial charge in [-0.15, -0.1) is 0 Å². The van der Waals surface area contributed by atoms with Gasteiger partial charge in [-0.25, -0.2) is 0 Å². The van der Waals surface area contributed by atoms with Crippen LogP contribution in [0.2, 0.25) is 0 Å². The number of aromatic nitrogens is 2. The molecule has 1 heterocycles. The van der Waals surface area contributed by atoms with E-state index in [0.717, 1.165) is 12.2 Å². The molecule has 0 atom stereocenters. The average Bonchev–Trinajstić information content (AvgIpc) is 2.93. The van der Waals surface area contributed by atoms with Gasteiger partial charge in [0, 0.05) is 24.0 Å². The largest absolute Gasteiger partial charge is 0.385 e. The number of anilines is 1. The molecule has 0 aliphatic rings. The van der Waals surface area contributed by atoms with E-state index in [4.69, 9.17) is 0 Å². The number of H-pyrrole nitrogens is 1. The Morgan fingerprint density at radius 2 is 2.28 bits per heavy atom. The molecule has 0 bridgehead atoms.